The van der Waals surface area contributed by atoms with Crippen LogP contribution in [-0.2, 0) is 0 Å². The number of nitrogens with two attached hydrogens (primary N) is 1. The molecule has 0 unspecified atom stereocenters. The normalized spacial score (nSPS) is 9.69. The molecule has 1 amide bonds. The smallest absolute Gasteiger partial charge is 0.249 e. The average Bonchev–Trinajstić information content (AvgIpc) is 2.03. The molecule has 3 nitrogen and oxygen atoms in total. The Bertz CT molecular complexity index is 342. The molecule has 0 aromatic heterocycles. The van der Waals surface area contributed by atoms with Crippen LogP contribution in [0.4, 0.5) is 0 Å². The average molecular weight is 289 g/mol. The van der Waals surface area contributed by atoms with Crippen LogP contribution in [-0.4, -0.2) is 11.7 Å². The Morgan fingerprint density at radius 2 is 1.85 bits per heavy atom. The summed E-state index contributed by atoms with van der Waals surface area (Å²) >= 11 is 1.95. The first-order valence-corrected chi connectivity index (χ1v) is 4.71. The van der Waals surface area contributed by atoms with E-state index in [-0.39, 0.29) is 5.78 Å². The number of ketones is 1. The van der Waals surface area contributed by atoms with Crippen LogP contribution in [0.2, 0.25) is 0 Å². The molecule has 1 aromatic carbocycles. The zero-order chi connectivity index (χ0) is 10.0. The lowest BCUT2D eigenvalue weighted by molar-refractivity contribution is 0.0999. The number of carbonyl (C=O) groups is 2. The predicted octanol–water partition coefficient (Wildman–Crippen LogP) is 1.59. The summed E-state index contributed by atoms with van der Waals surface area (Å²) in [5, 5.41) is 0. The maximum Gasteiger partial charge on any atom is 0.249 e. The van der Waals surface area contributed by atoms with Crippen LogP contribution in [0.15, 0.2) is 18.2 Å². The fourth-order valence-electron chi connectivity index (χ4n) is 0.994. The van der Waals surface area contributed by atoms with Gasteiger partial charge < -0.3 is 5.73 Å². The van der Waals surface area contributed by atoms with Gasteiger partial charge in [-0.2, -0.15) is 0 Å². The molecule has 2 N–H and O–H groups in total. The van der Waals surface area contributed by atoms with Crippen molar-refractivity contribution in [2.75, 3.05) is 0 Å². The summed E-state index contributed by atoms with van der Waals surface area (Å²) in [5.74, 6) is -0.569. The van der Waals surface area contributed by atoms with E-state index in [4.69, 9.17) is 5.73 Å². The van der Waals surface area contributed by atoms with Gasteiger partial charge in [0.15, 0.2) is 5.78 Å². The van der Waals surface area contributed by atoms with Gasteiger partial charge in [-0.15, -0.1) is 0 Å². The monoisotopic (exact) mass is 289 g/mol. The highest BCUT2D eigenvalue weighted by molar-refractivity contribution is 14.1. The van der Waals surface area contributed by atoms with Gasteiger partial charge in [0.25, 0.3) is 0 Å². The molecule has 0 aliphatic carbocycles. The molecule has 0 saturated heterocycles. The molecule has 1 aromatic rings. The predicted molar refractivity (Wildman–Crippen MR) is 57.7 cm³/mol. The lowest BCUT2D eigenvalue weighted by Gasteiger charge is -2.03. The molecule has 0 fully saturated rings. The van der Waals surface area contributed by atoms with Crippen molar-refractivity contribution in [1.29, 1.82) is 0 Å². The van der Waals surface area contributed by atoms with Gasteiger partial charge in [0.1, 0.15) is 0 Å². The first-order valence-electron chi connectivity index (χ1n) is 3.63. The molecule has 13 heavy (non-hydrogen) atoms. The largest absolute Gasteiger partial charge is 0.366 e. The third-order valence-electron chi connectivity index (χ3n) is 1.64. The minimum Gasteiger partial charge on any atom is -0.366 e. The molecule has 0 saturated carbocycles. The maximum atomic E-state index is 11.1. The summed E-state index contributed by atoms with van der Waals surface area (Å²) in [7, 11) is 0. The molecule has 0 aliphatic heterocycles. The molecule has 0 radical (unpaired) electrons. The van der Waals surface area contributed by atoms with Crippen molar-refractivity contribution in [2.24, 2.45) is 5.73 Å². The van der Waals surface area contributed by atoms with E-state index >= 15 is 0 Å². The summed E-state index contributed by atoms with van der Waals surface area (Å²) in [4.78, 5) is 22.0. The Balaban J connectivity index is 3.35. The Labute approximate surface area is 89.5 Å². The van der Waals surface area contributed by atoms with Crippen molar-refractivity contribution in [3.05, 3.63) is 32.9 Å². The summed E-state index contributed by atoms with van der Waals surface area (Å²) in [6.45, 7) is 1.46. The molecule has 0 bridgehead atoms. The van der Waals surface area contributed by atoms with Crippen molar-refractivity contribution in [2.45, 2.75) is 6.92 Å². The first kappa shape index (κ1) is 10.2. The van der Waals surface area contributed by atoms with Gasteiger partial charge >= 0.3 is 0 Å². The van der Waals surface area contributed by atoms with Gasteiger partial charge in [-0.1, -0.05) is 12.1 Å². The number of carbonyl (C=O) groups excluding carboxylic acids is 2. The minimum absolute atomic E-state index is 0.0625. The second-order valence-electron chi connectivity index (χ2n) is 2.59. The fourth-order valence-corrected chi connectivity index (χ4v) is 2.00. The lowest BCUT2D eigenvalue weighted by atomic mass is 10.1. The van der Waals surface area contributed by atoms with Crippen molar-refractivity contribution >= 4 is 34.3 Å². The third-order valence-corrected chi connectivity index (χ3v) is 2.81. The van der Waals surface area contributed by atoms with Gasteiger partial charge in [0.05, 0.1) is 5.56 Å². The quantitative estimate of drug-likeness (QED) is 0.664. The zero-order valence-electron chi connectivity index (χ0n) is 7.00. The molecular weight excluding hydrogens is 281 g/mol. The van der Waals surface area contributed by atoms with Crippen LogP contribution in [0.3, 0.4) is 0 Å². The molecule has 68 valence electrons. The Kier molecular flexibility index (Phi) is 3.02. The van der Waals surface area contributed by atoms with E-state index in [9.17, 15) is 9.59 Å². The molecular formula is C9H8INO2. The number of benzene rings is 1. The summed E-state index contributed by atoms with van der Waals surface area (Å²) in [6.07, 6.45) is 0. The Hall–Kier alpha value is -0.910. The van der Waals surface area contributed by atoms with Crippen molar-refractivity contribution in [3.63, 3.8) is 0 Å². The minimum atomic E-state index is -0.507. The second-order valence-corrected chi connectivity index (χ2v) is 3.67. The van der Waals surface area contributed by atoms with E-state index in [0.717, 1.165) is 0 Å². The highest BCUT2D eigenvalue weighted by atomic mass is 127. The molecule has 0 atom stereocenters. The molecule has 0 spiro atoms. The number of Topliss-reactive ketones (excluding diaryl/α,β-unsaturated/α-hetero) is 1. The van der Waals surface area contributed by atoms with Gasteiger partial charge in [-0.05, 0) is 35.6 Å². The maximum absolute atomic E-state index is 11.1. The standard InChI is InChI=1S/C9H8INO2/c1-5(12)6-3-2-4-7(8(6)10)9(11)13/h2-4H,1H3,(H2,11,13). The highest BCUT2D eigenvalue weighted by Crippen LogP contribution is 2.17. The zero-order valence-corrected chi connectivity index (χ0v) is 9.16. The lowest BCUT2D eigenvalue weighted by Crippen LogP contribution is -2.14. The second kappa shape index (κ2) is 3.87. The van der Waals surface area contributed by atoms with Crippen LogP contribution in [0, 0.1) is 3.57 Å². The first-order chi connectivity index (χ1) is 6.04. The van der Waals surface area contributed by atoms with Crippen LogP contribution in [0.1, 0.15) is 27.6 Å². The number of amides is 1. The van der Waals surface area contributed by atoms with E-state index < -0.39 is 5.91 Å². The number of hydrogen-bond donors (Lipinski definition) is 1. The summed E-state index contributed by atoms with van der Waals surface area (Å²) in [5.41, 5.74) is 6.06. The van der Waals surface area contributed by atoms with Crippen LogP contribution < -0.4 is 5.73 Å². The molecule has 0 aliphatic rings. The number of rotatable bonds is 2. The molecule has 4 heteroatoms. The third kappa shape index (κ3) is 2.06. The Morgan fingerprint density at radius 1 is 1.31 bits per heavy atom. The van der Waals surface area contributed by atoms with Crippen molar-refractivity contribution < 1.29 is 9.59 Å². The Morgan fingerprint density at radius 3 is 2.31 bits per heavy atom. The van der Waals surface area contributed by atoms with Gasteiger partial charge in [0.2, 0.25) is 5.91 Å². The van der Waals surface area contributed by atoms with Crippen molar-refractivity contribution in [3.8, 4) is 0 Å². The van der Waals surface area contributed by atoms with E-state index in [1.807, 2.05) is 22.6 Å². The summed E-state index contributed by atoms with van der Waals surface area (Å²) < 4.78 is 0.625. The van der Waals surface area contributed by atoms with Gasteiger partial charge in [-0.3, -0.25) is 9.59 Å². The van der Waals surface area contributed by atoms with Gasteiger partial charge in [0, 0.05) is 9.13 Å². The topological polar surface area (TPSA) is 60.2 Å². The van der Waals surface area contributed by atoms with E-state index in [0.29, 0.717) is 14.7 Å². The molecule has 1 rings (SSSR count). The molecule has 0 heterocycles. The fraction of sp³-hybridized carbons (Fsp3) is 0.111. The van der Waals surface area contributed by atoms with Crippen LogP contribution in [0.25, 0.3) is 0 Å². The highest BCUT2D eigenvalue weighted by Gasteiger charge is 2.11. The number of halogens is 1. The van der Waals surface area contributed by atoms with Gasteiger partial charge in [-0.25, -0.2) is 0 Å². The summed E-state index contributed by atoms with van der Waals surface area (Å²) in [6, 6.07) is 4.94. The number of primary amides is 1. The SMILES string of the molecule is CC(=O)c1cccc(C(N)=O)c1I. The van der Waals surface area contributed by atoms with Crippen molar-refractivity contribution in [1.82, 2.24) is 0 Å². The van der Waals surface area contributed by atoms with E-state index in [1.54, 1.807) is 18.2 Å². The van der Waals surface area contributed by atoms with E-state index in [2.05, 4.69) is 0 Å². The van der Waals surface area contributed by atoms with E-state index in [1.165, 1.54) is 6.92 Å². The number of hydrogen-bond acceptors (Lipinski definition) is 2. The van der Waals surface area contributed by atoms with Crippen LogP contribution >= 0.6 is 22.6 Å². The van der Waals surface area contributed by atoms with Crippen LogP contribution in [0.5, 0.6) is 0 Å².